The molecule has 98 valence electrons. The molecule has 0 aliphatic carbocycles. The number of fused-ring (bicyclic) bond motifs is 1. The van der Waals surface area contributed by atoms with Gasteiger partial charge in [-0.1, -0.05) is 29.3 Å². The summed E-state index contributed by atoms with van der Waals surface area (Å²) in [7, 11) is 0. The van der Waals surface area contributed by atoms with Gasteiger partial charge in [0, 0.05) is 18.8 Å². The van der Waals surface area contributed by atoms with Crippen LogP contribution in [-0.2, 0) is 13.1 Å². The third-order valence-electron chi connectivity index (χ3n) is 3.13. The Morgan fingerprint density at radius 1 is 1.21 bits per heavy atom. The van der Waals surface area contributed by atoms with Crippen LogP contribution in [-0.4, -0.2) is 10.8 Å². The predicted molar refractivity (Wildman–Crippen MR) is 78.8 cm³/mol. The summed E-state index contributed by atoms with van der Waals surface area (Å²) >= 11 is 13.1. The Labute approximate surface area is 124 Å². The number of hydrogen-bond acceptors (Lipinski definition) is 3. The van der Waals surface area contributed by atoms with Crippen molar-refractivity contribution in [2.75, 3.05) is 5.73 Å². The first-order valence-electron chi connectivity index (χ1n) is 5.66. The van der Waals surface area contributed by atoms with Crippen molar-refractivity contribution >= 4 is 46.1 Å². The summed E-state index contributed by atoms with van der Waals surface area (Å²) in [4.78, 5) is 14.1. The van der Waals surface area contributed by atoms with Crippen LogP contribution in [0.2, 0.25) is 8.67 Å². The molecule has 6 heteroatoms. The molecule has 1 amide bonds. The number of halogens is 2. The highest BCUT2D eigenvalue weighted by Crippen LogP contribution is 2.34. The molecule has 0 radical (unpaired) electrons. The molecule has 0 atom stereocenters. The highest BCUT2D eigenvalue weighted by molar-refractivity contribution is 7.20. The van der Waals surface area contributed by atoms with Crippen LogP contribution in [0.5, 0.6) is 0 Å². The average Bonchev–Trinajstić information content (AvgIpc) is 2.91. The molecule has 0 spiro atoms. The van der Waals surface area contributed by atoms with E-state index in [-0.39, 0.29) is 5.91 Å². The van der Waals surface area contributed by atoms with E-state index < -0.39 is 0 Å². The van der Waals surface area contributed by atoms with Gasteiger partial charge in [0.2, 0.25) is 0 Å². The average molecular weight is 313 g/mol. The van der Waals surface area contributed by atoms with Crippen LogP contribution < -0.4 is 5.73 Å². The number of benzene rings is 1. The third kappa shape index (κ3) is 2.31. The third-order valence-corrected chi connectivity index (χ3v) is 4.61. The second-order valence-electron chi connectivity index (χ2n) is 4.43. The minimum atomic E-state index is -0.0945. The second kappa shape index (κ2) is 4.71. The standard InChI is InChI=1S/C13H10Cl2N2OS/c14-11-4-10(12(15)19-11)13(18)17-5-7-1-2-9(16)3-8(7)6-17/h1-4H,5-6,16H2. The lowest BCUT2D eigenvalue weighted by Crippen LogP contribution is -2.25. The molecule has 2 heterocycles. The topological polar surface area (TPSA) is 46.3 Å². The van der Waals surface area contributed by atoms with Gasteiger partial charge in [-0.05, 0) is 29.3 Å². The van der Waals surface area contributed by atoms with Gasteiger partial charge in [-0.2, -0.15) is 0 Å². The number of hydrogen-bond donors (Lipinski definition) is 1. The predicted octanol–water partition coefficient (Wildman–Crippen LogP) is 3.79. The van der Waals surface area contributed by atoms with Gasteiger partial charge < -0.3 is 10.6 Å². The van der Waals surface area contributed by atoms with Crippen LogP contribution in [0, 0.1) is 0 Å². The molecule has 0 unspecified atom stereocenters. The molecule has 3 nitrogen and oxygen atoms in total. The minimum Gasteiger partial charge on any atom is -0.399 e. The quantitative estimate of drug-likeness (QED) is 0.814. The van der Waals surface area contributed by atoms with Crippen LogP contribution in [0.4, 0.5) is 5.69 Å². The number of nitrogen functional groups attached to an aromatic ring is 1. The van der Waals surface area contributed by atoms with E-state index in [2.05, 4.69) is 0 Å². The monoisotopic (exact) mass is 312 g/mol. The van der Waals surface area contributed by atoms with Crippen molar-refractivity contribution in [3.63, 3.8) is 0 Å². The van der Waals surface area contributed by atoms with E-state index in [9.17, 15) is 4.79 Å². The van der Waals surface area contributed by atoms with Gasteiger partial charge in [-0.3, -0.25) is 4.79 Å². The molecule has 0 fully saturated rings. The van der Waals surface area contributed by atoms with Gasteiger partial charge in [0.1, 0.15) is 4.34 Å². The van der Waals surface area contributed by atoms with Gasteiger partial charge in [-0.25, -0.2) is 0 Å². The van der Waals surface area contributed by atoms with Crippen LogP contribution in [0.15, 0.2) is 24.3 Å². The van der Waals surface area contributed by atoms with Crippen molar-refractivity contribution in [2.45, 2.75) is 13.1 Å². The molecule has 3 rings (SSSR count). The summed E-state index contributed by atoms with van der Waals surface area (Å²) in [6.07, 6.45) is 0. The SMILES string of the molecule is Nc1ccc2c(c1)CN(C(=O)c1cc(Cl)sc1Cl)C2. The molecule has 0 saturated heterocycles. The van der Waals surface area contributed by atoms with Crippen LogP contribution >= 0.6 is 34.5 Å². The number of nitrogens with zero attached hydrogens (tertiary/aromatic N) is 1. The zero-order valence-electron chi connectivity index (χ0n) is 9.82. The van der Waals surface area contributed by atoms with Crippen molar-refractivity contribution in [3.05, 3.63) is 49.6 Å². The van der Waals surface area contributed by atoms with E-state index in [4.69, 9.17) is 28.9 Å². The molecular formula is C13H10Cl2N2OS. The van der Waals surface area contributed by atoms with E-state index >= 15 is 0 Å². The maximum absolute atomic E-state index is 12.4. The van der Waals surface area contributed by atoms with Crippen molar-refractivity contribution in [1.29, 1.82) is 0 Å². The number of anilines is 1. The van der Waals surface area contributed by atoms with E-state index in [0.29, 0.717) is 33.0 Å². The smallest absolute Gasteiger partial charge is 0.256 e. The second-order valence-corrected chi connectivity index (χ2v) is 6.71. The highest BCUT2D eigenvalue weighted by Gasteiger charge is 2.26. The number of amides is 1. The van der Waals surface area contributed by atoms with Crippen LogP contribution in [0.3, 0.4) is 0 Å². The van der Waals surface area contributed by atoms with Gasteiger partial charge in [0.25, 0.3) is 5.91 Å². The normalized spacial score (nSPS) is 13.7. The largest absolute Gasteiger partial charge is 0.399 e. The van der Waals surface area contributed by atoms with E-state index in [1.807, 2.05) is 18.2 Å². The fourth-order valence-electron chi connectivity index (χ4n) is 2.21. The summed E-state index contributed by atoms with van der Waals surface area (Å²) in [5.41, 5.74) is 9.15. The van der Waals surface area contributed by atoms with Crippen LogP contribution in [0.1, 0.15) is 21.5 Å². The number of carbonyl (C=O) groups is 1. The van der Waals surface area contributed by atoms with Gasteiger partial charge in [-0.15, -0.1) is 11.3 Å². The Morgan fingerprint density at radius 2 is 1.95 bits per heavy atom. The Hall–Kier alpha value is -1.23. The Morgan fingerprint density at radius 3 is 2.63 bits per heavy atom. The molecule has 19 heavy (non-hydrogen) atoms. The number of rotatable bonds is 1. The van der Waals surface area contributed by atoms with Crippen LogP contribution in [0.25, 0.3) is 0 Å². The molecule has 0 bridgehead atoms. The summed E-state index contributed by atoms with van der Waals surface area (Å²) in [5, 5.41) is 0. The maximum atomic E-state index is 12.4. The fraction of sp³-hybridized carbons (Fsp3) is 0.154. The first-order valence-corrected chi connectivity index (χ1v) is 7.23. The molecule has 2 aromatic rings. The van der Waals surface area contributed by atoms with E-state index in [1.54, 1.807) is 11.0 Å². The fourth-order valence-corrected chi connectivity index (χ4v) is 3.66. The lowest BCUT2D eigenvalue weighted by atomic mass is 10.1. The van der Waals surface area contributed by atoms with E-state index in [1.165, 1.54) is 11.3 Å². The highest BCUT2D eigenvalue weighted by atomic mass is 35.5. The summed E-state index contributed by atoms with van der Waals surface area (Å²) in [5.74, 6) is -0.0945. The number of thiophene rings is 1. The van der Waals surface area contributed by atoms with E-state index in [0.717, 1.165) is 11.1 Å². The van der Waals surface area contributed by atoms with Crippen molar-refractivity contribution in [3.8, 4) is 0 Å². The molecule has 1 aliphatic heterocycles. The zero-order chi connectivity index (χ0) is 13.6. The number of carbonyl (C=O) groups excluding carboxylic acids is 1. The maximum Gasteiger partial charge on any atom is 0.256 e. The first kappa shape index (κ1) is 12.8. The molecule has 1 aliphatic rings. The summed E-state index contributed by atoms with van der Waals surface area (Å²) in [6, 6.07) is 7.33. The first-order chi connectivity index (χ1) is 9.04. The minimum absolute atomic E-state index is 0.0945. The molecule has 2 N–H and O–H groups in total. The van der Waals surface area contributed by atoms with Gasteiger partial charge >= 0.3 is 0 Å². The summed E-state index contributed by atoms with van der Waals surface area (Å²) in [6.45, 7) is 1.14. The Kier molecular flexibility index (Phi) is 3.17. The van der Waals surface area contributed by atoms with Crippen molar-refractivity contribution in [1.82, 2.24) is 4.90 Å². The molecule has 1 aromatic heterocycles. The van der Waals surface area contributed by atoms with Gasteiger partial charge in [0.05, 0.1) is 9.90 Å². The lowest BCUT2D eigenvalue weighted by Gasteiger charge is -2.14. The molecular weight excluding hydrogens is 303 g/mol. The molecule has 1 aromatic carbocycles. The van der Waals surface area contributed by atoms with Gasteiger partial charge in [0.15, 0.2) is 0 Å². The number of nitrogens with two attached hydrogens (primary N) is 1. The zero-order valence-corrected chi connectivity index (χ0v) is 12.1. The summed E-state index contributed by atoms with van der Waals surface area (Å²) < 4.78 is 0.958. The van der Waals surface area contributed by atoms with Crippen molar-refractivity contribution in [2.24, 2.45) is 0 Å². The molecule has 0 saturated carbocycles. The Bertz CT molecular complexity index is 669. The Balaban J connectivity index is 1.87. The lowest BCUT2D eigenvalue weighted by molar-refractivity contribution is 0.0752. The van der Waals surface area contributed by atoms with Crippen molar-refractivity contribution < 1.29 is 4.79 Å².